The zero-order chi connectivity index (χ0) is 21.8. The van der Waals surface area contributed by atoms with E-state index in [0.29, 0.717) is 11.3 Å². The Hall–Kier alpha value is -3.99. The van der Waals surface area contributed by atoms with Crippen LogP contribution in [0.3, 0.4) is 0 Å². The Morgan fingerprint density at radius 1 is 0.903 bits per heavy atom. The molecule has 154 valence electrons. The minimum absolute atomic E-state index is 0.0466. The number of amides is 1. The molecule has 5 nitrogen and oxygen atoms in total. The maximum atomic E-state index is 13.5. The first-order valence-electron chi connectivity index (χ1n) is 10.2. The Balaban J connectivity index is 1.92. The van der Waals surface area contributed by atoms with E-state index in [1.54, 1.807) is 0 Å². The van der Waals surface area contributed by atoms with Crippen molar-refractivity contribution in [2.24, 2.45) is 0 Å². The van der Waals surface area contributed by atoms with Gasteiger partial charge < -0.3 is 5.32 Å². The smallest absolute Gasteiger partial charge is 0.277 e. The zero-order valence-electron chi connectivity index (χ0n) is 17.5. The van der Waals surface area contributed by atoms with E-state index < -0.39 is 11.5 Å². The van der Waals surface area contributed by atoms with E-state index in [-0.39, 0.29) is 5.56 Å². The molecule has 0 spiro atoms. The van der Waals surface area contributed by atoms with Gasteiger partial charge in [0.1, 0.15) is 5.56 Å². The molecule has 1 aromatic heterocycles. The minimum atomic E-state index is -0.525. The van der Waals surface area contributed by atoms with Crippen LogP contribution in [0.4, 0.5) is 5.69 Å². The maximum absolute atomic E-state index is 13.5. The van der Waals surface area contributed by atoms with Crippen LogP contribution in [0.1, 0.15) is 28.4 Å². The first-order chi connectivity index (χ1) is 15.1. The van der Waals surface area contributed by atoms with Gasteiger partial charge in [-0.2, -0.15) is 5.10 Å². The van der Waals surface area contributed by atoms with Crippen molar-refractivity contribution >= 4 is 11.6 Å². The molecule has 2 N–H and O–H groups in total. The van der Waals surface area contributed by atoms with Crippen LogP contribution in [-0.2, 0) is 6.42 Å². The SMILES string of the molecule is CCc1cccc(C)c1NC(=O)c1c(-c2ccccc2)c(-c2ccccc2)n[nH]c1=O. The lowest BCUT2D eigenvalue weighted by atomic mass is 9.95. The molecule has 0 aliphatic rings. The number of hydrogen-bond donors (Lipinski definition) is 2. The van der Waals surface area contributed by atoms with E-state index in [2.05, 4.69) is 15.5 Å². The number of nitrogens with one attached hydrogen (secondary N) is 2. The molecule has 3 aromatic carbocycles. The molecule has 0 atom stereocenters. The summed E-state index contributed by atoms with van der Waals surface area (Å²) in [4.78, 5) is 26.4. The largest absolute Gasteiger partial charge is 0.321 e. The van der Waals surface area contributed by atoms with E-state index in [9.17, 15) is 9.59 Å². The van der Waals surface area contributed by atoms with E-state index in [0.717, 1.165) is 34.4 Å². The second-order valence-corrected chi connectivity index (χ2v) is 7.30. The standard InChI is InChI=1S/C26H23N3O2/c1-3-18-16-10-11-17(2)23(18)27-25(30)22-21(19-12-6-4-7-13-19)24(28-29-26(22)31)20-14-8-5-9-15-20/h4-16H,3H2,1-2H3,(H,27,30)(H,29,31). The predicted molar refractivity (Wildman–Crippen MR) is 124 cm³/mol. The van der Waals surface area contributed by atoms with Crippen LogP contribution in [0.5, 0.6) is 0 Å². The number of nitrogens with zero attached hydrogens (tertiary/aromatic N) is 1. The van der Waals surface area contributed by atoms with Gasteiger partial charge in [-0.3, -0.25) is 9.59 Å². The molecule has 4 rings (SSSR count). The van der Waals surface area contributed by atoms with E-state index in [1.165, 1.54) is 0 Å². The van der Waals surface area contributed by atoms with Crippen molar-refractivity contribution in [1.82, 2.24) is 10.2 Å². The first kappa shape index (κ1) is 20.3. The third-order valence-electron chi connectivity index (χ3n) is 5.30. The Morgan fingerprint density at radius 2 is 1.55 bits per heavy atom. The van der Waals surface area contributed by atoms with Crippen LogP contribution in [0.15, 0.2) is 83.7 Å². The number of para-hydroxylation sites is 1. The summed E-state index contributed by atoms with van der Waals surface area (Å²) < 4.78 is 0. The topological polar surface area (TPSA) is 74.8 Å². The number of carbonyl (C=O) groups excluding carboxylic acids is 1. The van der Waals surface area contributed by atoms with Gasteiger partial charge in [0.2, 0.25) is 0 Å². The summed E-state index contributed by atoms with van der Waals surface area (Å²) in [6.45, 7) is 3.98. The van der Waals surface area contributed by atoms with Crippen LogP contribution < -0.4 is 10.9 Å². The highest BCUT2D eigenvalue weighted by Gasteiger charge is 2.23. The molecule has 0 aliphatic heterocycles. The highest BCUT2D eigenvalue weighted by atomic mass is 16.2. The summed E-state index contributed by atoms with van der Waals surface area (Å²) in [6.07, 6.45) is 0.769. The molecule has 0 unspecified atom stereocenters. The molecule has 0 aliphatic carbocycles. The van der Waals surface area contributed by atoms with Crippen LogP contribution >= 0.6 is 0 Å². The lowest BCUT2D eigenvalue weighted by molar-refractivity contribution is 0.102. The normalized spacial score (nSPS) is 10.6. The fourth-order valence-electron chi connectivity index (χ4n) is 3.74. The van der Waals surface area contributed by atoms with Gasteiger partial charge >= 0.3 is 0 Å². The van der Waals surface area contributed by atoms with Gasteiger partial charge in [0.25, 0.3) is 11.5 Å². The average molecular weight is 409 g/mol. The molecular weight excluding hydrogens is 386 g/mol. The van der Waals surface area contributed by atoms with Crippen molar-refractivity contribution in [3.63, 3.8) is 0 Å². The van der Waals surface area contributed by atoms with Gasteiger partial charge in [-0.25, -0.2) is 5.10 Å². The highest BCUT2D eigenvalue weighted by Crippen LogP contribution is 2.32. The number of aryl methyl sites for hydroxylation is 2. The summed E-state index contributed by atoms with van der Waals surface area (Å²) >= 11 is 0. The Kier molecular flexibility index (Phi) is 5.76. The third kappa shape index (κ3) is 4.03. The van der Waals surface area contributed by atoms with Crippen molar-refractivity contribution in [2.75, 3.05) is 5.32 Å². The van der Waals surface area contributed by atoms with Crippen molar-refractivity contribution in [3.05, 3.63) is 106 Å². The second kappa shape index (κ2) is 8.79. The molecule has 0 bridgehead atoms. The Bertz CT molecular complexity index is 1280. The number of benzene rings is 3. The lowest BCUT2D eigenvalue weighted by Gasteiger charge is -2.16. The van der Waals surface area contributed by atoms with E-state index in [1.807, 2.05) is 92.7 Å². The lowest BCUT2D eigenvalue weighted by Crippen LogP contribution is -2.26. The van der Waals surface area contributed by atoms with Gasteiger partial charge in [0, 0.05) is 16.8 Å². The highest BCUT2D eigenvalue weighted by molar-refractivity contribution is 6.10. The van der Waals surface area contributed by atoms with Crippen LogP contribution in [0.25, 0.3) is 22.4 Å². The molecule has 0 saturated carbocycles. The van der Waals surface area contributed by atoms with Crippen molar-refractivity contribution < 1.29 is 4.79 Å². The number of rotatable bonds is 5. The molecule has 1 heterocycles. The molecule has 0 saturated heterocycles. The van der Waals surface area contributed by atoms with E-state index >= 15 is 0 Å². The number of anilines is 1. The number of hydrogen-bond acceptors (Lipinski definition) is 3. The third-order valence-corrected chi connectivity index (χ3v) is 5.30. The van der Waals surface area contributed by atoms with Gasteiger partial charge in [0.05, 0.1) is 5.69 Å². The van der Waals surface area contributed by atoms with Gasteiger partial charge in [-0.15, -0.1) is 0 Å². The summed E-state index contributed by atoms with van der Waals surface area (Å²) in [5.74, 6) is -0.455. The predicted octanol–water partition coefficient (Wildman–Crippen LogP) is 5.23. The van der Waals surface area contributed by atoms with Gasteiger partial charge in [-0.1, -0.05) is 85.8 Å². The maximum Gasteiger partial charge on any atom is 0.277 e. The van der Waals surface area contributed by atoms with Crippen molar-refractivity contribution in [3.8, 4) is 22.4 Å². The summed E-state index contributed by atoms with van der Waals surface area (Å²) in [5.41, 5.74) is 4.87. The van der Waals surface area contributed by atoms with Crippen molar-refractivity contribution in [2.45, 2.75) is 20.3 Å². The number of carbonyl (C=O) groups is 1. The molecule has 0 radical (unpaired) electrons. The molecule has 1 amide bonds. The Labute approximate surface area is 180 Å². The number of H-pyrrole nitrogens is 1. The monoisotopic (exact) mass is 409 g/mol. The Morgan fingerprint density at radius 3 is 2.19 bits per heavy atom. The molecule has 31 heavy (non-hydrogen) atoms. The van der Waals surface area contributed by atoms with Gasteiger partial charge in [0.15, 0.2) is 0 Å². The van der Waals surface area contributed by atoms with E-state index in [4.69, 9.17) is 0 Å². The van der Waals surface area contributed by atoms with Crippen molar-refractivity contribution in [1.29, 1.82) is 0 Å². The van der Waals surface area contributed by atoms with Crippen LogP contribution in [0, 0.1) is 6.92 Å². The van der Waals surface area contributed by atoms with Gasteiger partial charge in [-0.05, 0) is 30.0 Å². The zero-order valence-corrected chi connectivity index (χ0v) is 17.5. The second-order valence-electron chi connectivity index (χ2n) is 7.30. The number of aromatic nitrogens is 2. The molecule has 0 fully saturated rings. The average Bonchev–Trinajstić information content (AvgIpc) is 2.81. The number of aromatic amines is 1. The molecular formula is C26H23N3O2. The summed E-state index contributed by atoms with van der Waals surface area (Å²) in [6, 6.07) is 24.8. The fraction of sp³-hybridized carbons (Fsp3) is 0.115. The summed E-state index contributed by atoms with van der Waals surface area (Å²) in [7, 11) is 0. The first-order valence-corrected chi connectivity index (χ1v) is 10.2. The van der Waals surface area contributed by atoms with Crippen LogP contribution in [-0.4, -0.2) is 16.1 Å². The molecule has 4 aromatic rings. The van der Waals surface area contributed by atoms with Crippen LogP contribution in [0.2, 0.25) is 0 Å². The quantitative estimate of drug-likeness (QED) is 0.474. The fourth-order valence-corrected chi connectivity index (χ4v) is 3.74. The summed E-state index contributed by atoms with van der Waals surface area (Å²) in [5, 5.41) is 9.82. The molecule has 5 heteroatoms. The minimum Gasteiger partial charge on any atom is -0.321 e.